The highest BCUT2D eigenvalue weighted by Crippen LogP contribution is 2.15. The number of ether oxygens (including phenoxy) is 1. The molecule has 0 unspecified atom stereocenters. The fourth-order valence-corrected chi connectivity index (χ4v) is 1.70. The maximum Gasteiger partial charge on any atom is 0.408 e. The van der Waals surface area contributed by atoms with Crippen molar-refractivity contribution in [2.75, 3.05) is 12.3 Å². The number of hydrogen-bond acceptors (Lipinski definition) is 3. The number of hydrogen-bond donors (Lipinski definition) is 2. The monoisotopic (exact) mass is 316 g/mol. The highest BCUT2D eigenvalue weighted by Gasteiger charge is 2.05. The highest BCUT2D eigenvalue weighted by atomic mass is 19.2. The molecule has 0 atom stereocenters. The highest BCUT2D eigenvalue weighted by molar-refractivity contribution is 5.67. The summed E-state index contributed by atoms with van der Waals surface area (Å²) in [5.41, 5.74) is 6.57. The van der Waals surface area contributed by atoms with Crippen molar-refractivity contribution < 1.29 is 18.3 Å². The molecule has 2 aromatic carbocycles. The Labute approximate surface area is 132 Å². The number of nitrogen functional groups attached to an aromatic ring is 1. The Morgan fingerprint density at radius 3 is 2.61 bits per heavy atom. The molecule has 0 aliphatic carbocycles. The predicted octanol–water partition coefficient (Wildman–Crippen LogP) is 2.82. The molecule has 0 aliphatic rings. The molecule has 0 saturated carbocycles. The normalized spacial score (nSPS) is 9.65. The lowest BCUT2D eigenvalue weighted by Gasteiger charge is -2.04. The van der Waals surface area contributed by atoms with Gasteiger partial charge in [-0.05, 0) is 11.6 Å². The molecular weight excluding hydrogens is 302 g/mol. The Morgan fingerprint density at radius 1 is 1.17 bits per heavy atom. The molecule has 4 nitrogen and oxygen atoms in total. The van der Waals surface area contributed by atoms with Gasteiger partial charge in [-0.25, -0.2) is 13.6 Å². The molecule has 0 aliphatic heterocycles. The third-order valence-corrected chi connectivity index (χ3v) is 2.85. The van der Waals surface area contributed by atoms with Crippen LogP contribution in [0.4, 0.5) is 19.3 Å². The van der Waals surface area contributed by atoms with E-state index in [1.807, 2.05) is 30.3 Å². The summed E-state index contributed by atoms with van der Waals surface area (Å²) in [7, 11) is 0. The van der Waals surface area contributed by atoms with E-state index in [1.54, 1.807) is 0 Å². The second kappa shape index (κ2) is 7.80. The van der Waals surface area contributed by atoms with Crippen molar-refractivity contribution in [2.24, 2.45) is 0 Å². The largest absolute Gasteiger partial charge is 0.445 e. The van der Waals surface area contributed by atoms with Crippen LogP contribution in [0.25, 0.3) is 0 Å². The lowest BCUT2D eigenvalue weighted by atomic mass is 10.2. The van der Waals surface area contributed by atoms with Gasteiger partial charge in [0.15, 0.2) is 11.6 Å². The van der Waals surface area contributed by atoms with Gasteiger partial charge in [0.25, 0.3) is 0 Å². The van der Waals surface area contributed by atoms with E-state index in [4.69, 9.17) is 10.5 Å². The van der Waals surface area contributed by atoms with Crippen LogP contribution >= 0.6 is 0 Å². The van der Waals surface area contributed by atoms with Crippen LogP contribution in [0.15, 0.2) is 42.5 Å². The van der Waals surface area contributed by atoms with E-state index in [2.05, 4.69) is 17.2 Å². The number of amides is 1. The molecule has 0 aromatic heterocycles. The Bertz CT molecular complexity index is 752. The van der Waals surface area contributed by atoms with Crippen LogP contribution in [0.2, 0.25) is 0 Å². The number of carbonyl (C=O) groups excluding carboxylic acids is 1. The van der Waals surface area contributed by atoms with Crippen molar-refractivity contribution in [1.29, 1.82) is 0 Å². The maximum atomic E-state index is 13.1. The van der Waals surface area contributed by atoms with Crippen molar-refractivity contribution in [2.45, 2.75) is 6.61 Å². The smallest absolute Gasteiger partial charge is 0.408 e. The minimum atomic E-state index is -1.03. The van der Waals surface area contributed by atoms with Crippen molar-refractivity contribution >= 4 is 11.8 Å². The van der Waals surface area contributed by atoms with Gasteiger partial charge >= 0.3 is 6.09 Å². The summed E-state index contributed by atoms with van der Waals surface area (Å²) in [6, 6.07) is 11.0. The maximum absolute atomic E-state index is 13.1. The number of nitrogens with two attached hydrogens (primary N) is 1. The van der Waals surface area contributed by atoms with E-state index < -0.39 is 17.7 Å². The van der Waals surface area contributed by atoms with E-state index in [-0.39, 0.29) is 24.4 Å². The summed E-state index contributed by atoms with van der Waals surface area (Å²) in [5, 5.41) is 2.43. The topological polar surface area (TPSA) is 64.3 Å². The van der Waals surface area contributed by atoms with Gasteiger partial charge in [0.2, 0.25) is 0 Å². The number of benzene rings is 2. The van der Waals surface area contributed by atoms with E-state index in [0.29, 0.717) is 0 Å². The molecule has 0 heterocycles. The average Bonchev–Trinajstić information content (AvgIpc) is 2.55. The predicted molar refractivity (Wildman–Crippen MR) is 82.3 cm³/mol. The van der Waals surface area contributed by atoms with Crippen LogP contribution in [0, 0.1) is 23.5 Å². The van der Waals surface area contributed by atoms with Crippen LogP contribution in [0.5, 0.6) is 0 Å². The number of rotatable bonds is 3. The summed E-state index contributed by atoms with van der Waals surface area (Å²) in [4.78, 5) is 11.5. The third kappa shape index (κ3) is 5.00. The lowest BCUT2D eigenvalue weighted by Crippen LogP contribution is -2.24. The summed E-state index contributed by atoms with van der Waals surface area (Å²) < 4.78 is 31.0. The van der Waals surface area contributed by atoms with Gasteiger partial charge in [-0.3, -0.25) is 0 Å². The number of carbonyl (C=O) groups is 1. The zero-order valence-electron chi connectivity index (χ0n) is 12.1. The molecule has 0 fully saturated rings. The number of halogens is 2. The summed E-state index contributed by atoms with van der Waals surface area (Å²) in [6.07, 6.45) is -0.624. The Hall–Kier alpha value is -3.07. The van der Waals surface area contributed by atoms with Crippen molar-refractivity contribution in [1.82, 2.24) is 5.32 Å². The van der Waals surface area contributed by atoms with Gasteiger partial charge in [0, 0.05) is 6.07 Å². The zero-order chi connectivity index (χ0) is 16.7. The van der Waals surface area contributed by atoms with Crippen molar-refractivity contribution in [3.63, 3.8) is 0 Å². The SMILES string of the molecule is Nc1cc(F)c(F)cc1C#CCNC(=O)OCc1ccccc1. The second-order valence-electron chi connectivity index (χ2n) is 4.57. The lowest BCUT2D eigenvalue weighted by molar-refractivity contribution is 0.141. The third-order valence-electron chi connectivity index (χ3n) is 2.85. The first-order valence-corrected chi connectivity index (χ1v) is 6.74. The van der Waals surface area contributed by atoms with Gasteiger partial charge < -0.3 is 15.8 Å². The van der Waals surface area contributed by atoms with Crippen LogP contribution in [0.1, 0.15) is 11.1 Å². The van der Waals surface area contributed by atoms with E-state index in [1.165, 1.54) is 0 Å². The molecule has 2 aromatic rings. The zero-order valence-corrected chi connectivity index (χ0v) is 12.1. The fraction of sp³-hybridized carbons (Fsp3) is 0.118. The molecule has 0 saturated heterocycles. The molecular formula is C17H14F2N2O2. The summed E-state index contributed by atoms with van der Waals surface area (Å²) in [5.74, 6) is 3.08. The molecule has 3 N–H and O–H groups in total. The second-order valence-corrected chi connectivity index (χ2v) is 4.57. The number of nitrogens with one attached hydrogen (secondary N) is 1. The standard InChI is InChI=1S/C17H14F2N2O2/c18-14-9-13(16(20)10-15(14)19)7-4-8-21-17(22)23-11-12-5-2-1-3-6-12/h1-3,5-6,9-10H,8,11,20H2,(H,21,22). The van der Waals surface area contributed by atoms with Gasteiger partial charge in [-0.15, -0.1) is 0 Å². The van der Waals surface area contributed by atoms with Crippen LogP contribution in [0.3, 0.4) is 0 Å². The fourth-order valence-electron chi connectivity index (χ4n) is 1.70. The first-order chi connectivity index (χ1) is 11.1. The van der Waals surface area contributed by atoms with E-state index in [9.17, 15) is 13.6 Å². The molecule has 6 heteroatoms. The molecule has 0 radical (unpaired) electrons. The Morgan fingerprint density at radius 2 is 1.87 bits per heavy atom. The summed E-state index contributed by atoms with van der Waals surface area (Å²) in [6.45, 7) is 0.141. The molecule has 1 amide bonds. The minimum absolute atomic E-state index is 0.00788. The first kappa shape index (κ1) is 16.3. The van der Waals surface area contributed by atoms with Crippen LogP contribution in [-0.4, -0.2) is 12.6 Å². The van der Waals surface area contributed by atoms with Crippen LogP contribution < -0.4 is 11.1 Å². The summed E-state index contributed by atoms with van der Waals surface area (Å²) >= 11 is 0. The first-order valence-electron chi connectivity index (χ1n) is 6.74. The molecule has 23 heavy (non-hydrogen) atoms. The average molecular weight is 316 g/mol. The van der Waals surface area contributed by atoms with E-state index in [0.717, 1.165) is 17.7 Å². The molecule has 118 valence electrons. The van der Waals surface area contributed by atoms with E-state index >= 15 is 0 Å². The van der Waals surface area contributed by atoms with Gasteiger partial charge in [0.1, 0.15) is 6.61 Å². The van der Waals surface area contributed by atoms with Gasteiger partial charge in [-0.2, -0.15) is 0 Å². The number of anilines is 1. The Balaban J connectivity index is 1.81. The number of alkyl carbamates (subject to hydrolysis) is 1. The molecule has 2 rings (SSSR count). The van der Waals surface area contributed by atoms with Gasteiger partial charge in [0.05, 0.1) is 17.8 Å². The molecule has 0 bridgehead atoms. The van der Waals surface area contributed by atoms with Crippen molar-refractivity contribution in [3.8, 4) is 11.8 Å². The molecule has 0 spiro atoms. The Kier molecular flexibility index (Phi) is 5.53. The van der Waals surface area contributed by atoms with Gasteiger partial charge in [-0.1, -0.05) is 42.2 Å². The van der Waals surface area contributed by atoms with Crippen LogP contribution in [-0.2, 0) is 11.3 Å². The quantitative estimate of drug-likeness (QED) is 0.676. The minimum Gasteiger partial charge on any atom is -0.445 e. The van der Waals surface area contributed by atoms with Crippen molar-refractivity contribution in [3.05, 3.63) is 65.2 Å².